The van der Waals surface area contributed by atoms with Crippen LogP contribution in [0.1, 0.15) is 19.5 Å². The molecule has 1 N–H and O–H groups in total. The molecule has 0 radical (unpaired) electrons. The summed E-state index contributed by atoms with van der Waals surface area (Å²) in [6, 6.07) is 11.1. The minimum atomic E-state index is 0.535. The third-order valence-corrected chi connectivity index (χ3v) is 3.78. The quantitative estimate of drug-likeness (QED) is 0.918. The topological polar surface area (TPSA) is 46.0 Å². The van der Waals surface area contributed by atoms with E-state index in [2.05, 4.69) is 34.3 Å². The number of para-hydroxylation sites is 1. The van der Waals surface area contributed by atoms with Crippen molar-refractivity contribution >= 4 is 0 Å². The maximum absolute atomic E-state index is 4.58. The Morgan fingerprint density at radius 3 is 2.85 bits per heavy atom. The number of hydrogen-bond donors (Lipinski definition) is 1. The molecule has 2 unspecified atom stereocenters. The van der Waals surface area contributed by atoms with Gasteiger partial charge in [0, 0.05) is 31.7 Å². The van der Waals surface area contributed by atoms with Crippen molar-refractivity contribution in [2.24, 2.45) is 0 Å². The van der Waals surface area contributed by atoms with E-state index >= 15 is 0 Å². The number of aromatic nitrogens is 3. The van der Waals surface area contributed by atoms with Crippen LogP contribution >= 0.6 is 0 Å². The summed E-state index contributed by atoms with van der Waals surface area (Å²) in [4.78, 5) is 4.16. The normalized spacial score (nSPS) is 23.9. The van der Waals surface area contributed by atoms with Gasteiger partial charge in [0.15, 0.2) is 0 Å². The predicted octanol–water partition coefficient (Wildman–Crippen LogP) is 1.45. The molecule has 2 aromatic rings. The first-order valence-electron chi connectivity index (χ1n) is 7.16. The summed E-state index contributed by atoms with van der Waals surface area (Å²) in [5.41, 5.74) is 2.02. The van der Waals surface area contributed by atoms with Gasteiger partial charge in [-0.25, -0.2) is 0 Å². The molecule has 106 valence electrons. The molecule has 1 saturated heterocycles. The van der Waals surface area contributed by atoms with E-state index in [9.17, 15) is 0 Å². The summed E-state index contributed by atoms with van der Waals surface area (Å²) < 4.78 is 0. The lowest BCUT2D eigenvalue weighted by molar-refractivity contribution is 0.137. The Morgan fingerprint density at radius 2 is 2.05 bits per heavy atom. The number of nitrogens with zero attached hydrogens (tertiary/aromatic N) is 4. The SMILES string of the molecule is CC1CN(Cc2cnn(-c3ccccc3)n2)C(C)CN1. The van der Waals surface area contributed by atoms with Crippen molar-refractivity contribution in [3.05, 3.63) is 42.2 Å². The Balaban J connectivity index is 1.71. The molecule has 1 aliphatic heterocycles. The van der Waals surface area contributed by atoms with Crippen molar-refractivity contribution in [2.75, 3.05) is 13.1 Å². The molecule has 0 aliphatic carbocycles. The standard InChI is InChI=1S/C15H21N5/c1-12-10-19(13(2)8-16-12)11-14-9-17-20(18-14)15-6-4-3-5-7-15/h3-7,9,12-13,16H,8,10-11H2,1-2H3. The Bertz CT molecular complexity index is 550. The Morgan fingerprint density at radius 1 is 1.25 bits per heavy atom. The largest absolute Gasteiger partial charge is 0.311 e. The van der Waals surface area contributed by atoms with E-state index in [0.29, 0.717) is 12.1 Å². The zero-order chi connectivity index (χ0) is 13.9. The number of hydrogen-bond acceptors (Lipinski definition) is 4. The molecule has 0 bridgehead atoms. The number of nitrogens with one attached hydrogen (secondary N) is 1. The minimum Gasteiger partial charge on any atom is -0.311 e. The van der Waals surface area contributed by atoms with Gasteiger partial charge in [-0.3, -0.25) is 4.90 Å². The predicted molar refractivity (Wildman–Crippen MR) is 78.7 cm³/mol. The van der Waals surface area contributed by atoms with Crippen LogP contribution in [0.25, 0.3) is 5.69 Å². The van der Waals surface area contributed by atoms with Gasteiger partial charge in [-0.05, 0) is 26.0 Å². The zero-order valence-corrected chi connectivity index (χ0v) is 12.0. The maximum atomic E-state index is 4.58. The number of benzene rings is 1. The average Bonchev–Trinajstić information content (AvgIpc) is 2.92. The van der Waals surface area contributed by atoms with Crippen LogP contribution in [-0.4, -0.2) is 45.1 Å². The highest BCUT2D eigenvalue weighted by Crippen LogP contribution is 2.11. The maximum Gasteiger partial charge on any atom is 0.0971 e. The van der Waals surface area contributed by atoms with Crippen molar-refractivity contribution in [3.63, 3.8) is 0 Å². The van der Waals surface area contributed by atoms with Gasteiger partial charge in [-0.1, -0.05) is 18.2 Å². The summed E-state index contributed by atoms with van der Waals surface area (Å²) in [5.74, 6) is 0. The van der Waals surface area contributed by atoms with Crippen molar-refractivity contribution in [1.29, 1.82) is 0 Å². The molecule has 1 aromatic heterocycles. The summed E-state index contributed by atoms with van der Waals surface area (Å²) in [7, 11) is 0. The fraction of sp³-hybridized carbons (Fsp3) is 0.467. The summed E-state index contributed by atoms with van der Waals surface area (Å²) in [5, 5.41) is 12.4. The second-order valence-corrected chi connectivity index (χ2v) is 5.55. The molecule has 2 atom stereocenters. The first-order valence-corrected chi connectivity index (χ1v) is 7.16. The zero-order valence-electron chi connectivity index (χ0n) is 12.0. The molecule has 1 aromatic carbocycles. The van der Waals surface area contributed by atoms with Crippen molar-refractivity contribution < 1.29 is 0 Å². The van der Waals surface area contributed by atoms with Gasteiger partial charge in [0.05, 0.1) is 17.6 Å². The molecular formula is C15H21N5. The molecule has 3 rings (SSSR count). The first-order chi connectivity index (χ1) is 9.72. The van der Waals surface area contributed by atoms with Gasteiger partial charge >= 0.3 is 0 Å². The van der Waals surface area contributed by atoms with Crippen LogP contribution in [0.4, 0.5) is 0 Å². The molecule has 0 saturated carbocycles. The van der Waals surface area contributed by atoms with E-state index in [1.54, 1.807) is 4.80 Å². The Hall–Kier alpha value is -1.72. The summed E-state index contributed by atoms with van der Waals surface area (Å²) in [6.45, 7) is 7.42. The lowest BCUT2D eigenvalue weighted by Crippen LogP contribution is -2.53. The smallest absolute Gasteiger partial charge is 0.0971 e. The highest BCUT2D eigenvalue weighted by atomic mass is 15.5. The average molecular weight is 271 g/mol. The molecule has 0 spiro atoms. The van der Waals surface area contributed by atoms with Crippen LogP contribution in [0.15, 0.2) is 36.5 Å². The van der Waals surface area contributed by atoms with Crippen LogP contribution in [0.5, 0.6) is 0 Å². The van der Waals surface area contributed by atoms with Gasteiger partial charge in [-0.15, -0.1) is 0 Å². The van der Waals surface area contributed by atoms with Gasteiger partial charge < -0.3 is 5.32 Å². The first kappa shape index (κ1) is 13.3. The molecule has 5 heteroatoms. The van der Waals surface area contributed by atoms with Crippen LogP contribution in [0.2, 0.25) is 0 Å². The lowest BCUT2D eigenvalue weighted by atomic mass is 10.1. The Labute approximate surface area is 119 Å². The van der Waals surface area contributed by atoms with E-state index in [1.165, 1.54) is 0 Å². The van der Waals surface area contributed by atoms with E-state index in [0.717, 1.165) is 31.0 Å². The van der Waals surface area contributed by atoms with Crippen LogP contribution in [0, 0.1) is 0 Å². The van der Waals surface area contributed by atoms with Gasteiger partial charge in [0.1, 0.15) is 0 Å². The van der Waals surface area contributed by atoms with Crippen LogP contribution in [0.3, 0.4) is 0 Å². The fourth-order valence-corrected chi connectivity index (χ4v) is 2.58. The highest BCUT2D eigenvalue weighted by molar-refractivity contribution is 5.28. The minimum absolute atomic E-state index is 0.535. The summed E-state index contributed by atoms with van der Waals surface area (Å²) >= 11 is 0. The Kier molecular flexibility index (Phi) is 3.80. The van der Waals surface area contributed by atoms with Gasteiger partial charge in [0.25, 0.3) is 0 Å². The fourth-order valence-electron chi connectivity index (χ4n) is 2.58. The molecule has 2 heterocycles. The van der Waals surface area contributed by atoms with Gasteiger partial charge in [0.2, 0.25) is 0 Å². The van der Waals surface area contributed by atoms with E-state index in [4.69, 9.17) is 0 Å². The third kappa shape index (κ3) is 2.89. The summed E-state index contributed by atoms with van der Waals surface area (Å²) in [6.07, 6.45) is 1.87. The second kappa shape index (κ2) is 5.73. The van der Waals surface area contributed by atoms with E-state index < -0.39 is 0 Å². The van der Waals surface area contributed by atoms with Crippen LogP contribution in [-0.2, 0) is 6.54 Å². The molecular weight excluding hydrogens is 250 g/mol. The molecule has 5 nitrogen and oxygen atoms in total. The highest BCUT2D eigenvalue weighted by Gasteiger charge is 2.23. The molecule has 20 heavy (non-hydrogen) atoms. The van der Waals surface area contributed by atoms with Crippen LogP contribution < -0.4 is 5.32 Å². The lowest BCUT2D eigenvalue weighted by Gasteiger charge is -2.36. The van der Waals surface area contributed by atoms with E-state index in [1.807, 2.05) is 36.5 Å². The van der Waals surface area contributed by atoms with Crippen molar-refractivity contribution in [3.8, 4) is 5.69 Å². The van der Waals surface area contributed by atoms with Crippen molar-refractivity contribution in [1.82, 2.24) is 25.2 Å². The molecule has 1 fully saturated rings. The van der Waals surface area contributed by atoms with Gasteiger partial charge in [-0.2, -0.15) is 15.0 Å². The number of piperazine rings is 1. The number of rotatable bonds is 3. The van der Waals surface area contributed by atoms with E-state index in [-0.39, 0.29) is 0 Å². The second-order valence-electron chi connectivity index (χ2n) is 5.55. The molecule has 1 aliphatic rings. The monoisotopic (exact) mass is 271 g/mol. The van der Waals surface area contributed by atoms with Crippen molar-refractivity contribution in [2.45, 2.75) is 32.5 Å². The third-order valence-electron chi connectivity index (χ3n) is 3.78. The molecule has 0 amide bonds.